The Labute approximate surface area is 214 Å². The topological polar surface area (TPSA) is 89.5 Å². The largest absolute Gasteiger partial charge is 0.419 e. The van der Waals surface area contributed by atoms with Crippen molar-refractivity contribution in [2.75, 3.05) is 11.4 Å². The van der Waals surface area contributed by atoms with E-state index in [0.29, 0.717) is 0 Å². The van der Waals surface area contributed by atoms with E-state index >= 15 is 0 Å². The van der Waals surface area contributed by atoms with Gasteiger partial charge >= 0.3 is 18.5 Å². The predicted octanol–water partition coefficient (Wildman–Crippen LogP) is 9.07. The number of benzene rings is 2. The Hall–Kier alpha value is -2.72. The fourth-order valence-electron chi connectivity index (χ4n) is 3.29. The van der Waals surface area contributed by atoms with E-state index in [4.69, 9.17) is 34.8 Å². The monoisotopic (exact) mass is 607 g/mol. The highest BCUT2D eigenvalue weighted by Gasteiger charge is 2.48. The number of hydrogen-bond donors (Lipinski definition) is 0. The summed E-state index contributed by atoms with van der Waals surface area (Å²) in [5, 5.41) is 17.3. The number of nitro benzene ring substituents is 2. The molecule has 0 N–H and O–H groups in total. The summed E-state index contributed by atoms with van der Waals surface area (Å²) in [7, 11) is 0. The van der Waals surface area contributed by atoms with Crippen molar-refractivity contribution in [1.29, 1.82) is 0 Å². The van der Waals surface area contributed by atoms with Crippen LogP contribution in [0.2, 0.25) is 15.1 Å². The molecule has 0 aliphatic rings. The maximum Gasteiger partial charge on any atom is 0.419 e. The lowest BCUT2D eigenvalue weighted by molar-refractivity contribution is -0.394. The van der Waals surface area contributed by atoms with Crippen LogP contribution in [0.4, 0.5) is 62.3 Å². The number of halogens is 12. The first-order valence-electron chi connectivity index (χ1n) is 9.32. The molecular weight excluding hydrogens is 600 g/mol. The third-order valence-electron chi connectivity index (χ3n) is 4.64. The zero-order chi connectivity index (χ0) is 28.8. The quantitative estimate of drug-likeness (QED) is 0.185. The van der Waals surface area contributed by atoms with E-state index in [9.17, 15) is 59.7 Å². The smallest absolute Gasteiger partial charge is 0.333 e. The molecule has 204 valence electrons. The van der Waals surface area contributed by atoms with Gasteiger partial charge in [0, 0.05) is 12.6 Å². The molecule has 0 heterocycles. The van der Waals surface area contributed by atoms with Gasteiger partial charge in [-0.2, -0.15) is 39.5 Å². The van der Waals surface area contributed by atoms with Crippen molar-refractivity contribution in [2.24, 2.45) is 0 Å². The highest BCUT2D eigenvalue weighted by Crippen LogP contribution is 2.56. The summed E-state index contributed by atoms with van der Waals surface area (Å²) < 4.78 is 124. The molecule has 0 saturated heterocycles. The molecular formula is C18H9Cl3F9N3O4. The summed E-state index contributed by atoms with van der Waals surface area (Å²) in [5.74, 6) is 0. The number of nitro groups is 2. The third-order valence-corrected chi connectivity index (χ3v) is 5.75. The SMILES string of the molecule is CCCN(c1c([N+](=O)[O-])cc([N+](=O)[O-])cc1C(F)(F)F)c1c(Cl)c(C(F)(F)F)c(Cl)c(C(F)(F)F)c1Cl. The molecule has 0 radical (unpaired) electrons. The maximum atomic E-state index is 13.9. The number of nitrogens with zero attached hydrogens (tertiary/aromatic N) is 3. The molecule has 37 heavy (non-hydrogen) atoms. The van der Waals surface area contributed by atoms with E-state index < -0.39 is 89.4 Å². The van der Waals surface area contributed by atoms with Crippen LogP contribution in [0.5, 0.6) is 0 Å². The average molecular weight is 609 g/mol. The molecule has 0 spiro atoms. The minimum Gasteiger partial charge on any atom is -0.333 e. The molecule has 0 atom stereocenters. The van der Waals surface area contributed by atoms with Gasteiger partial charge in [0.2, 0.25) is 0 Å². The fourth-order valence-corrected chi connectivity index (χ4v) is 4.64. The van der Waals surface area contributed by atoms with Crippen molar-refractivity contribution in [3.05, 3.63) is 64.1 Å². The van der Waals surface area contributed by atoms with Crippen LogP contribution in [-0.4, -0.2) is 16.4 Å². The number of non-ortho nitro benzene ring substituents is 1. The van der Waals surface area contributed by atoms with Gasteiger partial charge in [0.1, 0.15) is 5.69 Å². The van der Waals surface area contributed by atoms with Crippen molar-refractivity contribution in [2.45, 2.75) is 31.9 Å². The number of rotatable bonds is 6. The van der Waals surface area contributed by atoms with E-state index in [1.807, 2.05) is 0 Å². The van der Waals surface area contributed by atoms with Gasteiger partial charge in [-0.15, -0.1) is 0 Å². The van der Waals surface area contributed by atoms with E-state index in [-0.39, 0.29) is 23.5 Å². The summed E-state index contributed by atoms with van der Waals surface area (Å²) in [6.45, 7) is 0.307. The predicted molar refractivity (Wildman–Crippen MR) is 114 cm³/mol. The highest BCUT2D eigenvalue weighted by atomic mass is 35.5. The summed E-state index contributed by atoms with van der Waals surface area (Å²) in [4.78, 5) is 19.8. The molecule has 0 aliphatic heterocycles. The van der Waals surface area contributed by atoms with Gasteiger partial charge < -0.3 is 4.90 Å². The van der Waals surface area contributed by atoms with Gasteiger partial charge in [-0.25, -0.2) is 0 Å². The molecule has 0 fully saturated rings. The van der Waals surface area contributed by atoms with Crippen LogP contribution in [0.3, 0.4) is 0 Å². The molecule has 0 aromatic heterocycles. The molecule has 19 heteroatoms. The number of hydrogen-bond acceptors (Lipinski definition) is 5. The summed E-state index contributed by atoms with van der Waals surface area (Å²) >= 11 is 16.8. The standard InChI is InChI=1S/C18H9Cl3F9N3O4/c1-2-3-31(14-7(16(22,23)24)4-6(32(34)35)5-8(14)33(36)37)15-12(20)9(17(25,26)27)11(19)10(13(15)21)18(28,29)30/h4-5H,2-3H2,1H3. The normalized spacial score (nSPS) is 12.6. The number of anilines is 2. The first-order valence-corrected chi connectivity index (χ1v) is 10.5. The molecule has 0 aliphatic carbocycles. The van der Waals surface area contributed by atoms with Gasteiger partial charge in [0.25, 0.3) is 11.4 Å². The molecule has 0 bridgehead atoms. The Morgan fingerprint density at radius 2 is 1.22 bits per heavy atom. The van der Waals surface area contributed by atoms with Crippen LogP contribution in [0.1, 0.15) is 30.0 Å². The van der Waals surface area contributed by atoms with Gasteiger partial charge in [0.05, 0.1) is 53.4 Å². The second kappa shape index (κ2) is 10.2. The summed E-state index contributed by atoms with van der Waals surface area (Å²) in [6.07, 6.45) is -17.3. The number of alkyl halides is 9. The Morgan fingerprint density at radius 3 is 1.54 bits per heavy atom. The lowest BCUT2D eigenvalue weighted by Gasteiger charge is -2.31. The summed E-state index contributed by atoms with van der Waals surface area (Å²) in [5.41, 5.74) is -13.0. The van der Waals surface area contributed by atoms with Crippen molar-refractivity contribution in [3.63, 3.8) is 0 Å². The van der Waals surface area contributed by atoms with Crippen molar-refractivity contribution >= 4 is 57.6 Å². The first kappa shape index (κ1) is 30.5. The van der Waals surface area contributed by atoms with E-state index in [1.54, 1.807) is 0 Å². The molecule has 2 aromatic carbocycles. The Balaban J connectivity index is 3.26. The third kappa shape index (κ3) is 5.90. The lowest BCUT2D eigenvalue weighted by atomic mass is 10.0. The average Bonchev–Trinajstić information content (AvgIpc) is 2.69. The Morgan fingerprint density at radius 1 is 0.757 bits per heavy atom. The molecule has 0 saturated carbocycles. The van der Waals surface area contributed by atoms with Gasteiger partial charge in [-0.1, -0.05) is 41.7 Å². The van der Waals surface area contributed by atoms with Gasteiger partial charge in [-0.3, -0.25) is 20.2 Å². The van der Waals surface area contributed by atoms with Gasteiger partial charge in [0.15, 0.2) is 0 Å². The molecule has 7 nitrogen and oxygen atoms in total. The van der Waals surface area contributed by atoms with E-state index in [2.05, 4.69) is 0 Å². The lowest BCUT2D eigenvalue weighted by Crippen LogP contribution is -2.26. The maximum absolute atomic E-state index is 13.9. The van der Waals surface area contributed by atoms with E-state index in [0.717, 1.165) is 0 Å². The molecule has 0 amide bonds. The second-order valence-corrected chi connectivity index (χ2v) is 8.19. The van der Waals surface area contributed by atoms with Crippen LogP contribution in [0.25, 0.3) is 0 Å². The summed E-state index contributed by atoms with van der Waals surface area (Å²) in [6, 6.07) is -0.113. The van der Waals surface area contributed by atoms with Crippen molar-refractivity contribution < 1.29 is 49.4 Å². The minimum atomic E-state index is -5.69. The zero-order valence-electron chi connectivity index (χ0n) is 17.6. The van der Waals surface area contributed by atoms with Crippen LogP contribution >= 0.6 is 34.8 Å². The van der Waals surface area contributed by atoms with Crippen molar-refractivity contribution in [1.82, 2.24) is 0 Å². The Bertz CT molecular complexity index is 1220. The van der Waals surface area contributed by atoms with Gasteiger partial charge in [-0.05, 0) is 6.42 Å². The van der Waals surface area contributed by atoms with Crippen LogP contribution < -0.4 is 4.90 Å². The minimum absolute atomic E-state index is 0.0240. The van der Waals surface area contributed by atoms with E-state index in [1.165, 1.54) is 6.92 Å². The fraction of sp³-hybridized carbons (Fsp3) is 0.333. The van der Waals surface area contributed by atoms with Crippen LogP contribution in [0, 0.1) is 20.2 Å². The Kier molecular flexibility index (Phi) is 8.42. The molecule has 2 rings (SSSR count). The second-order valence-electron chi connectivity index (χ2n) is 7.06. The molecule has 0 unspecified atom stereocenters. The zero-order valence-corrected chi connectivity index (χ0v) is 19.8. The van der Waals surface area contributed by atoms with Crippen molar-refractivity contribution in [3.8, 4) is 0 Å². The highest BCUT2D eigenvalue weighted by molar-refractivity contribution is 6.44. The first-order chi connectivity index (χ1) is 16.7. The van der Waals surface area contributed by atoms with Crippen LogP contribution in [-0.2, 0) is 18.5 Å². The molecule has 2 aromatic rings. The van der Waals surface area contributed by atoms with Crippen LogP contribution in [0.15, 0.2) is 12.1 Å².